The van der Waals surface area contributed by atoms with Crippen LogP contribution < -0.4 is 11.1 Å². The predicted octanol–water partition coefficient (Wildman–Crippen LogP) is 2.09. The van der Waals surface area contributed by atoms with Gasteiger partial charge in [-0.15, -0.1) is 0 Å². The normalized spacial score (nSPS) is 20.4. The topological polar surface area (TPSA) is 81.4 Å². The van der Waals surface area contributed by atoms with Crippen LogP contribution in [0.4, 0.5) is 13.2 Å². The van der Waals surface area contributed by atoms with Crippen molar-refractivity contribution in [1.29, 1.82) is 0 Å². The molecule has 1 fully saturated rings. The van der Waals surface area contributed by atoms with Gasteiger partial charge in [0.05, 0.1) is 18.1 Å². The zero-order chi connectivity index (χ0) is 18.0. The summed E-state index contributed by atoms with van der Waals surface area (Å²) in [5.41, 5.74) is 2.67. The molecule has 1 saturated heterocycles. The van der Waals surface area contributed by atoms with Gasteiger partial charge >= 0.3 is 6.18 Å². The summed E-state index contributed by atoms with van der Waals surface area (Å²) in [6.07, 6.45) is -3.20. The van der Waals surface area contributed by atoms with Crippen molar-refractivity contribution in [3.63, 3.8) is 0 Å². The van der Waals surface area contributed by atoms with Crippen molar-refractivity contribution < 1.29 is 27.5 Å². The number of hydrogen-bond donors (Lipinski definition) is 2. The van der Waals surface area contributed by atoms with Crippen LogP contribution >= 0.6 is 0 Å². The van der Waals surface area contributed by atoms with E-state index in [4.69, 9.17) is 10.5 Å². The van der Waals surface area contributed by atoms with Gasteiger partial charge in [0, 0.05) is 6.61 Å². The molecule has 2 atom stereocenters. The van der Waals surface area contributed by atoms with Crippen molar-refractivity contribution in [2.75, 3.05) is 6.61 Å². The molecule has 1 aromatic carbocycles. The molecule has 132 valence electrons. The lowest BCUT2D eigenvalue weighted by molar-refractivity contribution is -0.138. The molecule has 1 aliphatic rings. The highest BCUT2D eigenvalue weighted by Crippen LogP contribution is 2.32. The monoisotopic (exact) mass is 344 g/mol. The lowest BCUT2D eigenvalue weighted by atomic mass is 9.89. The van der Waals surface area contributed by atoms with E-state index in [-0.39, 0.29) is 18.1 Å². The first-order valence-electron chi connectivity index (χ1n) is 7.53. The minimum Gasteiger partial charge on any atom is -0.378 e. The van der Waals surface area contributed by atoms with Gasteiger partial charge in [-0.3, -0.25) is 9.59 Å². The number of alkyl halides is 3. The first kappa shape index (κ1) is 18.3. The Morgan fingerprint density at radius 1 is 1.33 bits per heavy atom. The lowest BCUT2D eigenvalue weighted by Crippen LogP contribution is -2.53. The summed E-state index contributed by atoms with van der Waals surface area (Å²) in [5.74, 6) is -1.44. The van der Waals surface area contributed by atoms with Crippen molar-refractivity contribution in [3.8, 4) is 0 Å². The number of benzene rings is 1. The third-order valence-electron chi connectivity index (χ3n) is 4.09. The number of carbonyl (C=O) groups excluding carboxylic acids is 2. The van der Waals surface area contributed by atoms with E-state index in [0.29, 0.717) is 6.61 Å². The van der Waals surface area contributed by atoms with Gasteiger partial charge in [0.1, 0.15) is 5.54 Å². The van der Waals surface area contributed by atoms with Crippen molar-refractivity contribution in [2.24, 2.45) is 5.73 Å². The first-order valence-corrected chi connectivity index (χ1v) is 7.53. The Balaban J connectivity index is 2.23. The molecule has 2 rings (SSSR count). The van der Waals surface area contributed by atoms with E-state index in [9.17, 15) is 22.8 Å². The van der Waals surface area contributed by atoms with E-state index in [1.54, 1.807) is 0 Å². The SMILES string of the molecule is C[C@](NC(=O)C[C@H]1CCCO1)(C(N)=O)c1cccc(C(F)(F)F)c1. The van der Waals surface area contributed by atoms with Crippen LogP contribution in [-0.4, -0.2) is 24.5 Å². The quantitative estimate of drug-likeness (QED) is 0.858. The van der Waals surface area contributed by atoms with Gasteiger partial charge in [-0.05, 0) is 37.5 Å². The number of nitrogens with one attached hydrogen (secondary N) is 1. The van der Waals surface area contributed by atoms with Crippen LogP contribution in [0, 0.1) is 0 Å². The van der Waals surface area contributed by atoms with E-state index < -0.39 is 29.1 Å². The van der Waals surface area contributed by atoms with Crippen LogP contribution in [0.2, 0.25) is 0 Å². The summed E-state index contributed by atoms with van der Waals surface area (Å²) in [5, 5.41) is 2.45. The average Bonchev–Trinajstić information content (AvgIpc) is 2.98. The molecule has 0 spiro atoms. The molecule has 0 saturated carbocycles. The molecular weight excluding hydrogens is 325 g/mol. The van der Waals surface area contributed by atoms with Crippen molar-refractivity contribution in [3.05, 3.63) is 35.4 Å². The van der Waals surface area contributed by atoms with Gasteiger partial charge in [0.25, 0.3) is 0 Å². The second-order valence-corrected chi connectivity index (χ2v) is 5.96. The zero-order valence-corrected chi connectivity index (χ0v) is 13.2. The number of rotatable bonds is 5. The zero-order valence-electron chi connectivity index (χ0n) is 13.2. The minimum atomic E-state index is -4.56. The number of halogens is 3. The Morgan fingerprint density at radius 2 is 2.00 bits per heavy atom. The Labute approximate surface area is 137 Å². The maximum absolute atomic E-state index is 12.9. The minimum absolute atomic E-state index is 0.0227. The maximum atomic E-state index is 12.9. The third-order valence-corrected chi connectivity index (χ3v) is 4.09. The van der Waals surface area contributed by atoms with Gasteiger partial charge in [-0.1, -0.05) is 12.1 Å². The van der Waals surface area contributed by atoms with Crippen LogP contribution in [0.15, 0.2) is 24.3 Å². The summed E-state index contributed by atoms with van der Waals surface area (Å²) in [4.78, 5) is 24.0. The van der Waals surface area contributed by atoms with Crippen molar-refractivity contribution in [1.82, 2.24) is 5.32 Å². The third kappa shape index (κ3) is 4.05. The first-order chi connectivity index (χ1) is 11.1. The summed E-state index contributed by atoms with van der Waals surface area (Å²) < 4.78 is 44.0. The van der Waals surface area contributed by atoms with Gasteiger partial charge in [-0.2, -0.15) is 13.2 Å². The highest BCUT2D eigenvalue weighted by molar-refractivity contribution is 5.91. The number of hydrogen-bond acceptors (Lipinski definition) is 3. The predicted molar refractivity (Wildman–Crippen MR) is 79.7 cm³/mol. The fraction of sp³-hybridized carbons (Fsp3) is 0.500. The highest BCUT2D eigenvalue weighted by atomic mass is 19.4. The molecule has 0 aliphatic carbocycles. The maximum Gasteiger partial charge on any atom is 0.416 e. The largest absolute Gasteiger partial charge is 0.416 e. The van der Waals surface area contributed by atoms with Gasteiger partial charge in [0.2, 0.25) is 11.8 Å². The van der Waals surface area contributed by atoms with Crippen molar-refractivity contribution in [2.45, 2.75) is 44.0 Å². The molecule has 1 heterocycles. The summed E-state index contributed by atoms with van der Waals surface area (Å²) in [6.45, 7) is 1.86. The molecule has 8 heteroatoms. The van der Waals surface area contributed by atoms with Gasteiger partial charge in [-0.25, -0.2) is 0 Å². The van der Waals surface area contributed by atoms with E-state index in [0.717, 1.165) is 25.0 Å². The second-order valence-electron chi connectivity index (χ2n) is 5.96. The summed E-state index contributed by atoms with van der Waals surface area (Å²) in [6, 6.07) is 4.20. The Kier molecular flexibility index (Phi) is 5.17. The van der Waals surface area contributed by atoms with Gasteiger partial charge < -0.3 is 15.8 Å². The van der Waals surface area contributed by atoms with Crippen LogP contribution in [0.3, 0.4) is 0 Å². The molecule has 2 amide bonds. The number of carbonyl (C=O) groups is 2. The van der Waals surface area contributed by atoms with E-state index in [1.807, 2.05) is 0 Å². The Morgan fingerprint density at radius 3 is 2.54 bits per heavy atom. The number of primary amides is 1. The lowest BCUT2D eigenvalue weighted by Gasteiger charge is -2.29. The smallest absolute Gasteiger partial charge is 0.378 e. The van der Waals surface area contributed by atoms with Gasteiger partial charge in [0.15, 0.2) is 0 Å². The molecule has 0 radical (unpaired) electrons. The van der Waals surface area contributed by atoms with Crippen LogP contribution in [0.1, 0.15) is 37.3 Å². The molecule has 0 unspecified atom stereocenters. The van der Waals surface area contributed by atoms with Crippen LogP contribution in [-0.2, 0) is 26.0 Å². The van der Waals surface area contributed by atoms with E-state index in [2.05, 4.69) is 5.32 Å². The fourth-order valence-corrected chi connectivity index (χ4v) is 2.62. The standard InChI is InChI=1S/C16H19F3N2O3/c1-15(14(20)23,21-13(22)9-12-6-3-7-24-12)10-4-2-5-11(8-10)16(17,18)19/h2,4-5,8,12H,3,6-7,9H2,1H3,(H2,20,23)(H,21,22)/t12-,15-/m1/s1. The molecular formula is C16H19F3N2O3. The number of amides is 2. The second kappa shape index (κ2) is 6.80. The molecule has 0 aromatic heterocycles. The molecule has 24 heavy (non-hydrogen) atoms. The number of nitrogens with two attached hydrogens (primary N) is 1. The highest BCUT2D eigenvalue weighted by Gasteiger charge is 2.38. The summed E-state index contributed by atoms with van der Waals surface area (Å²) >= 11 is 0. The summed E-state index contributed by atoms with van der Waals surface area (Å²) in [7, 11) is 0. The molecule has 1 aliphatic heterocycles. The van der Waals surface area contributed by atoms with Crippen molar-refractivity contribution >= 4 is 11.8 Å². The van der Waals surface area contributed by atoms with E-state index >= 15 is 0 Å². The molecule has 1 aromatic rings. The Hall–Kier alpha value is -2.09. The molecule has 3 N–H and O–H groups in total. The van der Waals surface area contributed by atoms with Crippen LogP contribution in [0.25, 0.3) is 0 Å². The molecule has 5 nitrogen and oxygen atoms in total. The Bertz CT molecular complexity index is 627. The van der Waals surface area contributed by atoms with Crippen LogP contribution in [0.5, 0.6) is 0 Å². The average molecular weight is 344 g/mol. The molecule has 0 bridgehead atoms. The van der Waals surface area contributed by atoms with E-state index in [1.165, 1.54) is 19.1 Å². The fourth-order valence-electron chi connectivity index (χ4n) is 2.62. The number of ether oxygens (including phenoxy) is 1.